The molecule has 1 aromatic heterocycles. The van der Waals surface area contributed by atoms with Crippen LogP contribution in [0.1, 0.15) is 17.2 Å². The van der Waals surface area contributed by atoms with Crippen LogP contribution in [0.15, 0.2) is 57.8 Å². The standard InChI is InChI=1S/C28H24O13/c29-10-19-24(36)28(41-20(34)6-3-11-1-4-12(30)5-2-11)26(38)27(40-19)21-16(33)9-18-22(25(21)37)23(35)13-7-14(31)15(32)8-17(13)39-18/h1-9,19,24,26-33,36-38H,10H2/b6-3+/t19-,24-,26+,27+,28+/m1/s1. The fraction of sp³-hybridized carbons (Fsp3) is 0.214. The smallest absolute Gasteiger partial charge is 0.331 e. The predicted octanol–water partition coefficient (Wildman–Crippen LogP) is 1.25. The Bertz CT molecular complexity index is 1720. The monoisotopic (exact) mass is 568 g/mol. The lowest BCUT2D eigenvalue weighted by molar-refractivity contribution is -0.240. The van der Waals surface area contributed by atoms with Crippen LogP contribution in [0, 0.1) is 0 Å². The molecule has 5 atom stereocenters. The summed E-state index contributed by atoms with van der Waals surface area (Å²) in [6.07, 6.45) is -6.19. The summed E-state index contributed by atoms with van der Waals surface area (Å²) in [6.45, 7) is -0.813. The van der Waals surface area contributed by atoms with Crippen molar-refractivity contribution in [3.8, 4) is 28.7 Å². The van der Waals surface area contributed by atoms with Crippen LogP contribution in [0.25, 0.3) is 28.0 Å². The molecular weight excluding hydrogens is 544 g/mol. The van der Waals surface area contributed by atoms with E-state index >= 15 is 0 Å². The first kappa shape index (κ1) is 27.7. The van der Waals surface area contributed by atoms with Gasteiger partial charge in [-0.25, -0.2) is 4.79 Å². The highest BCUT2D eigenvalue weighted by atomic mass is 16.6. The van der Waals surface area contributed by atoms with Gasteiger partial charge in [-0.2, -0.15) is 0 Å². The molecule has 1 fully saturated rings. The number of carbonyl (C=O) groups is 1. The molecular formula is C28H24O13. The molecule has 1 aliphatic heterocycles. The summed E-state index contributed by atoms with van der Waals surface area (Å²) < 4.78 is 16.4. The number of hydrogen-bond donors (Lipinski definition) is 8. The molecule has 0 unspecified atom stereocenters. The number of hydrogen-bond acceptors (Lipinski definition) is 13. The first-order valence-electron chi connectivity index (χ1n) is 12.2. The number of phenols is 5. The van der Waals surface area contributed by atoms with Crippen LogP contribution in [-0.4, -0.2) is 77.8 Å². The maximum absolute atomic E-state index is 13.2. The second kappa shape index (κ2) is 10.6. The first-order chi connectivity index (χ1) is 19.5. The molecule has 5 rings (SSSR count). The van der Waals surface area contributed by atoms with Crippen molar-refractivity contribution in [2.45, 2.75) is 30.5 Å². The van der Waals surface area contributed by atoms with Crippen molar-refractivity contribution in [2.75, 3.05) is 6.61 Å². The molecule has 3 aromatic carbocycles. The van der Waals surface area contributed by atoms with E-state index in [1.54, 1.807) is 0 Å². The number of phenolic OH excluding ortho intramolecular Hbond substituents is 5. The molecule has 0 bridgehead atoms. The van der Waals surface area contributed by atoms with Gasteiger partial charge >= 0.3 is 5.97 Å². The average Bonchev–Trinajstić information content (AvgIpc) is 2.93. The first-order valence-corrected chi connectivity index (χ1v) is 12.2. The molecule has 214 valence electrons. The Labute approximate surface area is 229 Å². The van der Waals surface area contributed by atoms with Crippen LogP contribution < -0.4 is 5.43 Å². The van der Waals surface area contributed by atoms with Gasteiger partial charge in [-0.15, -0.1) is 0 Å². The van der Waals surface area contributed by atoms with E-state index in [2.05, 4.69) is 0 Å². The summed E-state index contributed by atoms with van der Waals surface area (Å²) >= 11 is 0. The van der Waals surface area contributed by atoms with Crippen LogP contribution in [-0.2, 0) is 14.3 Å². The lowest BCUT2D eigenvalue weighted by atomic mass is 9.89. The van der Waals surface area contributed by atoms with Crippen LogP contribution in [0.5, 0.6) is 28.7 Å². The number of ether oxygens (including phenoxy) is 2. The minimum atomic E-state index is -1.92. The van der Waals surface area contributed by atoms with E-state index in [4.69, 9.17) is 13.9 Å². The van der Waals surface area contributed by atoms with Crippen molar-refractivity contribution in [1.82, 2.24) is 0 Å². The summed E-state index contributed by atoms with van der Waals surface area (Å²) in [5.74, 6) is -3.77. The summed E-state index contributed by atoms with van der Waals surface area (Å²) in [5, 5.41) is 81.6. The van der Waals surface area contributed by atoms with Crippen LogP contribution in [0.4, 0.5) is 0 Å². The Hall–Kier alpha value is -4.82. The van der Waals surface area contributed by atoms with Crippen LogP contribution in [0.3, 0.4) is 0 Å². The van der Waals surface area contributed by atoms with Gasteiger partial charge in [-0.3, -0.25) is 4.79 Å². The van der Waals surface area contributed by atoms with Crippen molar-refractivity contribution in [3.05, 3.63) is 69.9 Å². The number of fused-ring (bicyclic) bond motifs is 2. The number of rotatable bonds is 5. The predicted molar refractivity (Wildman–Crippen MR) is 140 cm³/mol. The van der Waals surface area contributed by atoms with Gasteiger partial charge in [0.05, 0.1) is 17.6 Å². The number of carbonyl (C=O) groups excluding carboxylic acids is 1. The van der Waals surface area contributed by atoms with E-state index in [9.17, 15) is 50.4 Å². The van der Waals surface area contributed by atoms with Crippen molar-refractivity contribution in [1.29, 1.82) is 0 Å². The van der Waals surface area contributed by atoms with E-state index in [-0.39, 0.29) is 22.3 Å². The summed E-state index contributed by atoms with van der Waals surface area (Å²) in [5.41, 5.74) is -1.32. The fourth-order valence-corrected chi connectivity index (χ4v) is 4.69. The summed E-state index contributed by atoms with van der Waals surface area (Å²) in [6, 6.07) is 8.68. The van der Waals surface area contributed by atoms with Gasteiger partial charge in [0.2, 0.25) is 5.43 Å². The van der Waals surface area contributed by atoms with E-state index in [0.717, 1.165) is 24.3 Å². The maximum Gasteiger partial charge on any atom is 0.331 e. The second-order valence-electron chi connectivity index (χ2n) is 9.38. The van der Waals surface area contributed by atoms with E-state index in [0.29, 0.717) is 5.56 Å². The normalized spacial score (nSPS) is 22.9. The maximum atomic E-state index is 13.2. The van der Waals surface area contributed by atoms with Gasteiger partial charge < -0.3 is 54.7 Å². The Kier molecular flexibility index (Phi) is 7.19. The van der Waals surface area contributed by atoms with Gasteiger partial charge in [-0.1, -0.05) is 12.1 Å². The molecule has 0 radical (unpaired) electrons. The zero-order chi connectivity index (χ0) is 29.6. The molecule has 4 aromatic rings. The van der Waals surface area contributed by atoms with Gasteiger partial charge in [0, 0.05) is 18.2 Å². The van der Waals surface area contributed by atoms with E-state index in [1.165, 1.54) is 30.3 Å². The molecule has 41 heavy (non-hydrogen) atoms. The van der Waals surface area contributed by atoms with Crippen molar-refractivity contribution >= 4 is 34.0 Å². The van der Waals surface area contributed by atoms with Gasteiger partial charge in [-0.05, 0) is 29.8 Å². The number of aliphatic hydroxyl groups is 3. The third-order valence-electron chi connectivity index (χ3n) is 6.76. The second-order valence-corrected chi connectivity index (χ2v) is 9.38. The number of benzene rings is 3. The van der Waals surface area contributed by atoms with E-state index in [1.807, 2.05) is 0 Å². The zero-order valence-corrected chi connectivity index (χ0v) is 20.9. The van der Waals surface area contributed by atoms with Crippen molar-refractivity contribution in [2.24, 2.45) is 0 Å². The highest BCUT2D eigenvalue weighted by molar-refractivity contribution is 5.96. The minimum Gasteiger partial charge on any atom is -0.508 e. The minimum absolute atomic E-state index is 0.0165. The van der Waals surface area contributed by atoms with E-state index < -0.39 is 82.5 Å². The quantitative estimate of drug-likeness (QED) is 0.0735. The zero-order valence-electron chi connectivity index (χ0n) is 20.9. The average molecular weight is 568 g/mol. The van der Waals surface area contributed by atoms with Gasteiger partial charge in [0.1, 0.15) is 58.2 Å². The molecule has 13 heteroatoms. The highest BCUT2D eigenvalue weighted by Crippen LogP contribution is 2.45. The third-order valence-corrected chi connectivity index (χ3v) is 6.76. The van der Waals surface area contributed by atoms with Crippen molar-refractivity contribution in [3.63, 3.8) is 0 Å². The Balaban J connectivity index is 1.53. The largest absolute Gasteiger partial charge is 0.508 e. The SMILES string of the molecule is O=C(/C=C/c1ccc(O)cc1)O[C@@H]1[C@@H](O)[C@H](c2c(O)cc3oc4cc(O)c(O)cc4c(=O)c3c2O)O[C@H](CO)[C@H]1O. The van der Waals surface area contributed by atoms with Crippen LogP contribution >= 0.6 is 0 Å². The van der Waals surface area contributed by atoms with Gasteiger partial charge in [0.15, 0.2) is 17.6 Å². The molecule has 13 nitrogen and oxygen atoms in total. The molecule has 0 amide bonds. The molecule has 0 spiro atoms. The topological polar surface area (TPSA) is 228 Å². The molecule has 1 saturated heterocycles. The molecule has 2 heterocycles. The Morgan fingerprint density at radius 3 is 2.24 bits per heavy atom. The van der Waals surface area contributed by atoms with Gasteiger partial charge in [0.25, 0.3) is 0 Å². The fourth-order valence-electron chi connectivity index (χ4n) is 4.69. The molecule has 1 aliphatic rings. The molecule has 0 saturated carbocycles. The summed E-state index contributed by atoms with van der Waals surface area (Å²) in [4.78, 5) is 25.8. The highest BCUT2D eigenvalue weighted by Gasteiger charge is 2.48. The number of aliphatic hydroxyl groups excluding tert-OH is 3. The third kappa shape index (κ3) is 4.98. The lowest BCUT2D eigenvalue weighted by Crippen LogP contribution is -2.56. The lowest BCUT2D eigenvalue weighted by Gasteiger charge is -2.42. The number of esters is 1. The van der Waals surface area contributed by atoms with Crippen LogP contribution in [0.2, 0.25) is 0 Å². The summed E-state index contributed by atoms with van der Waals surface area (Å²) in [7, 11) is 0. The molecule has 8 N–H and O–H groups in total. The molecule has 0 aliphatic carbocycles. The Morgan fingerprint density at radius 2 is 1.56 bits per heavy atom. The Morgan fingerprint density at radius 1 is 0.902 bits per heavy atom. The number of aromatic hydroxyl groups is 5. The van der Waals surface area contributed by atoms with Crippen molar-refractivity contribution < 1.29 is 59.5 Å².